The van der Waals surface area contributed by atoms with Crippen molar-refractivity contribution in [2.24, 2.45) is 0 Å². The molecule has 3 rings (SSSR count). The molecule has 6 nitrogen and oxygen atoms in total. The van der Waals surface area contributed by atoms with Crippen molar-refractivity contribution in [3.63, 3.8) is 0 Å². The minimum absolute atomic E-state index is 0.00552. The second-order valence-corrected chi connectivity index (χ2v) is 8.11. The predicted octanol–water partition coefficient (Wildman–Crippen LogP) is 4.34. The van der Waals surface area contributed by atoms with E-state index in [0.717, 1.165) is 8.94 Å². The highest BCUT2D eigenvalue weighted by molar-refractivity contribution is 9.10. The zero-order valence-electron chi connectivity index (χ0n) is 13.8. The third kappa shape index (κ3) is 4.29. The van der Waals surface area contributed by atoms with Gasteiger partial charge in [-0.3, -0.25) is 0 Å². The largest absolute Gasteiger partial charge is 0.478 e. The first-order valence-corrected chi connectivity index (χ1v) is 9.98. The van der Waals surface area contributed by atoms with Crippen LogP contribution >= 0.6 is 15.9 Å². The number of para-hydroxylation sites is 1. The van der Waals surface area contributed by atoms with Crippen LogP contribution in [0.15, 0.2) is 88.2 Å². The van der Waals surface area contributed by atoms with Crippen LogP contribution < -0.4 is 9.31 Å². The Morgan fingerprint density at radius 3 is 2.04 bits per heavy atom. The Balaban J connectivity index is 2.03. The van der Waals surface area contributed by atoms with Crippen LogP contribution in [0.3, 0.4) is 0 Å². The summed E-state index contributed by atoms with van der Waals surface area (Å²) in [5, 5.41) is 8.99. The van der Waals surface area contributed by atoms with Crippen molar-refractivity contribution >= 4 is 37.6 Å². The maximum Gasteiger partial charge on any atom is 0.335 e. The zero-order valence-corrected chi connectivity index (χ0v) is 16.2. The Labute approximate surface area is 164 Å². The summed E-state index contributed by atoms with van der Waals surface area (Å²) in [6.07, 6.45) is 0. The molecule has 8 heteroatoms. The number of rotatable bonds is 6. The molecule has 138 valence electrons. The lowest BCUT2D eigenvalue weighted by Crippen LogP contribution is -2.34. The van der Waals surface area contributed by atoms with Crippen LogP contribution in [0.25, 0.3) is 0 Å². The van der Waals surface area contributed by atoms with Crippen LogP contribution in [0, 0.1) is 0 Å². The minimum atomic E-state index is -4.10. The molecule has 3 aromatic carbocycles. The van der Waals surface area contributed by atoms with E-state index >= 15 is 0 Å². The number of sulfonamides is 1. The van der Waals surface area contributed by atoms with E-state index in [9.17, 15) is 13.2 Å². The number of carboxylic acid groups (broad SMARTS) is 1. The van der Waals surface area contributed by atoms with Crippen molar-refractivity contribution in [3.8, 4) is 5.75 Å². The molecule has 0 saturated heterocycles. The number of nitrogens with zero attached hydrogens (tertiary/aromatic N) is 1. The van der Waals surface area contributed by atoms with Gasteiger partial charge in [0.05, 0.1) is 16.1 Å². The van der Waals surface area contributed by atoms with E-state index in [0.29, 0.717) is 11.4 Å². The van der Waals surface area contributed by atoms with Gasteiger partial charge in [-0.1, -0.05) is 38.6 Å². The maximum atomic E-state index is 13.1. The molecule has 0 radical (unpaired) electrons. The van der Waals surface area contributed by atoms with Crippen molar-refractivity contribution in [3.05, 3.63) is 88.9 Å². The van der Waals surface area contributed by atoms with Crippen molar-refractivity contribution in [2.45, 2.75) is 4.90 Å². The van der Waals surface area contributed by atoms with Gasteiger partial charge in [0.25, 0.3) is 10.0 Å². The molecule has 3 aromatic rings. The zero-order chi connectivity index (χ0) is 19.4. The molecule has 0 fully saturated rings. The fraction of sp³-hybridized carbons (Fsp3) is 0. The Bertz CT molecular complexity index is 1040. The lowest BCUT2D eigenvalue weighted by atomic mass is 10.2. The minimum Gasteiger partial charge on any atom is -0.478 e. The van der Waals surface area contributed by atoms with Crippen LogP contribution in [-0.2, 0) is 10.0 Å². The highest BCUT2D eigenvalue weighted by Gasteiger charge is 2.27. The molecule has 0 bridgehead atoms. The SMILES string of the molecule is O=C(O)c1ccc(S(=O)(=O)N(Oc2ccc(Br)cc2)c2ccccc2)cc1. The van der Waals surface area contributed by atoms with Crippen LogP contribution in [0.5, 0.6) is 5.75 Å². The van der Waals surface area contributed by atoms with Gasteiger partial charge in [-0.2, -0.15) is 8.42 Å². The van der Waals surface area contributed by atoms with Gasteiger partial charge in [0.15, 0.2) is 5.75 Å². The van der Waals surface area contributed by atoms with Gasteiger partial charge in [0.1, 0.15) is 0 Å². The summed E-state index contributed by atoms with van der Waals surface area (Å²) >= 11 is 3.32. The molecule has 0 aliphatic rings. The number of hydrogen-bond donors (Lipinski definition) is 1. The number of benzene rings is 3. The van der Waals surface area contributed by atoms with E-state index in [2.05, 4.69) is 15.9 Å². The number of aromatic carboxylic acids is 1. The van der Waals surface area contributed by atoms with E-state index in [1.807, 2.05) is 0 Å². The molecule has 0 amide bonds. The smallest absolute Gasteiger partial charge is 0.335 e. The Morgan fingerprint density at radius 2 is 1.48 bits per heavy atom. The fourth-order valence-corrected chi connectivity index (χ4v) is 3.77. The van der Waals surface area contributed by atoms with Crippen molar-refractivity contribution in [2.75, 3.05) is 4.47 Å². The molecule has 1 N–H and O–H groups in total. The van der Waals surface area contributed by atoms with Gasteiger partial charge in [-0.05, 0) is 60.7 Å². The van der Waals surface area contributed by atoms with Crippen LogP contribution in [-0.4, -0.2) is 19.5 Å². The number of halogens is 1. The highest BCUT2D eigenvalue weighted by atomic mass is 79.9. The summed E-state index contributed by atoms with van der Waals surface area (Å²) < 4.78 is 27.9. The molecular weight excluding hydrogens is 434 g/mol. The molecule has 0 spiro atoms. The maximum absolute atomic E-state index is 13.1. The van der Waals surface area contributed by atoms with Gasteiger partial charge in [-0.25, -0.2) is 4.79 Å². The molecular formula is C19H14BrNO5S. The average Bonchev–Trinajstić information content (AvgIpc) is 2.68. The molecule has 0 aliphatic carbocycles. The lowest BCUT2D eigenvalue weighted by molar-refractivity contribution is 0.0696. The normalized spacial score (nSPS) is 11.0. The van der Waals surface area contributed by atoms with Crippen molar-refractivity contribution in [1.29, 1.82) is 0 Å². The Hall–Kier alpha value is -2.84. The van der Waals surface area contributed by atoms with E-state index in [1.54, 1.807) is 54.6 Å². The average molecular weight is 448 g/mol. The summed E-state index contributed by atoms with van der Waals surface area (Å²) in [6, 6.07) is 20.0. The topological polar surface area (TPSA) is 83.9 Å². The molecule has 0 saturated carbocycles. The monoisotopic (exact) mass is 447 g/mol. The van der Waals surface area contributed by atoms with Crippen LogP contribution in [0.2, 0.25) is 0 Å². The van der Waals surface area contributed by atoms with Crippen molar-refractivity contribution in [1.82, 2.24) is 0 Å². The van der Waals surface area contributed by atoms with E-state index in [4.69, 9.17) is 9.94 Å². The first-order chi connectivity index (χ1) is 12.9. The van der Waals surface area contributed by atoms with Crippen molar-refractivity contribution < 1.29 is 23.2 Å². The first kappa shape index (κ1) is 18.9. The third-order valence-electron chi connectivity index (χ3n) is 3.59. The number of carbonyl (C=O) groups is 1. The second kappa shape index (κ2) is 7.81. The summed E-state index contributed by atoms with van der Waals surface area (Å²) in [6.45, 7) is 0. The fourth-order valence-electron chi connectivity index (χ4n) is 2.25. The third-order valence-corrected chi connectivity index (χ3v) is 5.70. The van der Waals surface area contributed by atoms with E-state index in [1.165, 1.54) is 24.3 Å². The lowest BCUT2D eigenvalue weighted by Gasteiger charge is -2.24. The van der Waals surface area contributed by atoms with Gasteiger partial charge in [-0.15, -0.1) is 0 Å². The quantitative estimate of drug-likeness (QED) is 0.568. The molecule has 0 aliphatic heterocycles. The van der Waals surface area contributed by atoms with Gasteiger partial charge in [0, 0.05) is 4.47 Å². The Kier molecular flexibility index (Phi) is 5.48. The van der Waals surface area contributed by atoms with E-state index in [-0.39, 0.29) is 10.5 Å². The Morgan fingerprint density at radius 1 is 0.889 bits per heavy atom. The predicted molar refractivity (Wildman–Crippen MR) is 104 cm³/mol. The molecule has 0 atom stereocenters. The number of anilines is 1. The van der Waals surface area contributed by atoms with Gasteiger partial charge in [0.2, 0.25) is 0 Å². The number of hydrogen-bond acceptors (Lipinski definition) is 4. The van der Waals surface area contributed by atoms with Crippen LogP contribution in [0.1, 0.15) is 10.4 Å². The van der Waals surface area contributed by atoms with Gasteiger partial charge >= 0.3 is 5.97 Å². The summed E-state index contributed by atoms with van der Waals surface area (Å²) in [5.41, 5.74) is 0.303. The molecule has 0 heterocycles. The first-order valence-electron chi connectivity index (χ1n) is 7.75. The molecule has 0 aromatic heterocycles. The van der Waals surface area contributed by atoms with Gasteiger partial charge < -0.3 is 9.94 Å². The number of carboxylic acids is 1. The van der Waals surface area contributed by atoms with Crippen LogP contribution in [0.4, 0.5) is 5.69 Å². The standard InChI is InChI=1S/C19H14BrNO5S/c20-15-8-10-17(11-9-15)26-21(16-4-2-1-3-5-16)27(24,25)18-12-6-14(7-13-18)19(22)23/h1-13H,(H,22,23). The summed E-state index contributed by atoms with van der Waals surface area (Å²) in [4.78, 5) is 16.6. The highest BCUT2D eigenvalue weighted by Crippen LogP contribution is 2.27. The summed E-state index contributed by atoms with van der Waals surface area (Å²) in [5.74, 6) is -0.808. The van der Waals surface area contributed by atoms with E-state index < -0.39 is 16.0 Å². The molecule has 27 heavy (non-hydrogen) atoms. The molecule has 0 unspecified atom stereocenters. The summed E-state index contributed by atoms with van der Waals surface area (Å²) in [7, 11) is -4.10. The second-order valence-electron chi connectivity index (χ2n) is 5.44.